The molecule has 3 N–H and O–H groups in total. The average Bonchev–Trinajstić information content (AvgIpc) is 3.07. The molecule has 0 heterocycles. The van der Waals surface area contributed by atoms with Crippen molar-refractivity contribution in [2.24, 2.45) is 5.73 Å². The Balaban J connectivity index is 0.00000338. The molecule has 0 atom stereocenters. The van der Waals surface area contributed by atoms with Crippen molar-refractivity contribution in [3.63, 3.8) is 0 Å². The molecule has 0 unspecified atom stereocenters. The Morgan fingerprint density at radius 2 is 1.88 bits per heavy atom. The molecule has 1 saturated carbocycles. The van der Waals surface area contributed by atoms with Crippen molar-refractivity contribution >= 4 is 28.3 Å². The molecule has 0 saturated heterocycles. The van der Waals surface area contributed by atoms with Gasteiger partial charge in [-0.05, 0) is 31.4 Å². The molecule has 1 aromatic carbocycles. The lowest BCUT2D eigenvalue weighted by Gasteiger charge is -2.29. The molecule has 0 aromatic heterocycles. The summed E-state index contributed by atoms with van der Waals surface area (Å²) in [7, 11) is -2.12. The van der Waals surface area contributed by atoms with E-state index in [1.54, 1.807) is 30.1 Å². The first-order valence-electron chi connectivity index (χ1n) is 8.94. The molecular weight excluding hydrogens is 374 g/mol. The number of sulfonamides is 1. The second kappa shape index (κ2) is 9.69. The Kier molecular flexibility index (Phi) is 8.53. The Labute approximate surface area is 163 Å². The van der Waals surface area contributed by atoms with E-state index in [1.165, 1.54) is 6.07 Å². The molecule has 1 aliphatic carbocycles. The molecule has 0 radical (unpaired) electrons. The average molecular weight is 404 g/mol. The van der Waals surface area contributed by atoms with Gasteiger partial charge in [0.2, 0.25) is 10.0 Å². The molecule has 6 nitrogen and oxygen atoms in total. The van der Waals surface area contributed by atoms with Crippen LogP contribution >= 0.6 is 12.4 Å². The van der Waals surface area contributed by atoms with Crippen molar-refractivity contribution in [2.45, 2.75) is 55.9 Å². The van der Waals surface area contributed by atoms with Crippen LogP contribution in [0.1, 0.15) is 55.8 Å². The van der Waals surface area contributed by atoms with E-state index in [0.29, 0.717) is 6.54 Å². The lowest BCUT2D eigenvalue weighted by Crippen LogP contribution is -2.51. The van der Waals surface area contributed by atoms with E-state index < -0.39 is 15.6 Å². The highest BCUT2D eigenvalue weighted by Gasteiger charge is 2.38. The zero-order valence-corrected chi connectivity index (χ0v) is 17.2. The molecule has 26 heavy (non-hydrogen) atoms. The predicted molar refractivity (Wildman–Crippen MR) is 106 cm³/mol. The van der Waals surface area contributed by atoms with Crippen molar-refractivity contribution in [2.75, 3.05) is 20.1 Å². The van der Waals surface area contributed by atoms with Crippen LogP contribution in [-0.4, -0.2) is 44.9 Å². The Morgan fingerprint density at radius 3 is 2.46 bits per heavy atom. The lowest BCUT2D eigenvalue weighted by molar-refractivity contribution is 0.0789. The fourth-order valence-electron chi connectivity index (χ4n) is 3.32. The van der Waals surface area contributed by atoms with Crippen LogP contribution in [0.5, 0.6) is 0 Å². The van der Waals surface area contributed by atoms with Crippen LogP contribution in [0.3, 0.4) is 0 Å². The highest BCUT2D eigenvalue weighted by atomic mass is 35.5. The molecular formula is C18H30ClN3O3S. The summed E-state index contributed by atoms with van der Waals surface area (Å²) in [4.78, 5) is 14.3. The molecule has 2 rings (SSSR count). The Morgan fingerprint density at radius 1 is 1.27 bits per heavy atom. The summed E-state index contributed by atoms with van der Waals surface area (Å²) >= 11 is 0. The Bertz CT molecular complexity index is 703. The van der Waals surface area contributed by atoms with Gasteiger partial charge >= 0.3 is 0 Å². The molecule has 8 heteroatoms. The maximum atomic E-state index is 13.0. The van der Waals surface area contributed by atoms with Gasteiger partial charge in [-0.3, -0.25) is 4.79 Å². The molecule has 0 bridgehead atoms. The number of hydrogen-bond acceptors (Lipinski definition) is 4. The van der Waals surface area contributed by atoms with Gasteiger partial charge in [-0.1, -0.05) is 38.3 Å². The minimum Gasteiger partial charge on any atom is -0.342 e. The van der Waals surface area contributed by atoms with Crippen LogP contribution < -0.4 is 10.5 Å². The normalized spacial score (nSPS) is 16.1. The number of halogens is 1. The third kappa shape index (κ3) is 5.19. The molecule has 0 aliphatic heterocycles. The second-order valence-electron chi connectivity index (χ2n) is 6.87. The van der Waals surface area contributed by atoms with E-state index in [0.717, 1.165) is 38.5 Å². The van der Waals surface area contributed by atoms with Crippen molar-refractivity contribution < 1.29 is 13.2 Å². The monoisotopic (exact) mass is 403 g/mol. The van der Waals surface area contributed by atoms with Gasteiger partial charge < -0.3 is 10.6 Å². The van der Waals surface area contributed by atoms with E-state index in [4.69, 9.17) is 5.73 Å². The fourth-order valence-corrected chi connectivity index (χ4v) is 4.99. The molecule has 1 aromatic rings. The number of benzene rings is 1. The second-order valence-corrected chi connectivity index (χ2v) is 8.52. The fraction of sp³-hybridized carbons (Fsp3) is 0.611. The van der Waals surface area contributed by atoms with E-state index >= 15 is 0 Å². The van der Waals surface area contributed by atoms with E-state index in [2.05, 4.69) is 11.6 Å². The first-order valence-corrected chi connectivity index (χ1v) is 10.4. The summed E-state index contributed by atoms with van der Waals surface area (Å²) in [5.74, 6) is -0.275. The number of hydrogen-bond donors (Lipinski definition) is 2. The summed E-state index contributed by atoms with van der Waals surface area (Å²) in [6.45, 7) is 2.91. The smallest absolute Gasteiger partial charge is 0.254 e. The summed E-state index contributed by atoms with van der Waals surface area (Å²) in [6, 6.07) is 6.39. The number of nitrogens with one attached hydrogen (secondary N) is 1. The van der Waals surface area contributed by atoms with Gasteiger partial charge in [0.25, 0.3) is 5.91 Å². The van der Waals surface area contributed by atoms with E-state index in [-0.39, 0.29) is 35.3 Å². The highest BCUT2D eigenvalue weighted by Crippen LogP contribution is 2.31. The quantitative estimate of drug-likeness (QED) is 0.697. The van der Waals surface area contributed by atoms with Crippen molar-refractivity contribution in [1.82, 2.24) is 9.62 Å². The van der Waals surface area contributed by atoms with Crippen molar-refractivity contribution in [1.29, 1.82) is 0 Å². The Hall–Kier alpha value is -1.15. The van der Waals surface area contributed by atoms with Crippen LogP contribution in [-0.2, 0) is 10.0 Å². The molecule has 1 fully saturated rings. The zero-order chi connectivity index (χ0) is 18.5. The van der Waals surface area contributed by atoms with Gasteiger partial charge in [0.15, 0.2) is 0 Å². The minimum atomic E-state index is -3.82. The molecule has 1 aliphatic rings. The summed E-state index contributed by atoms with van der Waals surface area (Å²) in [6.07, 6.45) is 5.23. The summed E-state index contributed by atoms with van der Waals surface area (Å²) < 4.78 is 28.7. The SMILES string of the molecule is CCCCN(C)C(=O)c1ccccc1S(=O)(=O)NC1(CN)CCCC1.Cl. The maximum Gasteiger partial charge on any atom is 0.254 e. The van der Waals surface area contributed by atoms with Gasteiger partial charge in [-0.2, -0.15) is 0 Å². The number of nitrogens with two attached hydrogens (primary N) is 1. The van der Waals surface area contributed by atoms with Crippen LogP contribution in [0, 0.1) is 0 Å². The van der Waals surface area contributed by atoms with Crippen LogP contribution in [0.4, 0.5) is 0 Å². The predicted octanol–water partition coefficient (Wildman–Crippen LogP) is 2.53. The zero-order valence-electron chi connectivity index (χ0n) is 15.5. The largest absolute Gasteiger partial charge is 0.342 e. The van der Waals surface area contributed by atoms with Crippen molar-refractivity contribution in [3.8, 4) is 0 Å². The third-order valence-electron chi connectivity index (χ3n) is 4.90. The number of nitrogens with zero attached hydrogens (tertiary/aromatic N) is 1. The van der Waals surface area contributed by atoms with Crippen molar-refractivity contribution in [3.05, 3.63) is 29.8 Å². The van der Waals surface area contributed by atoms with Gasteiger partial charge in [-0.25, -0.2) is 13.1 Å². The number of unbranched alkanes of at least 4 members (excludes halogenated alkanes) is 1. The topological polar surface area (TPSA) is 92.5 Å². The lowest BCUT2D eigenvalue weighted by atomic mass is 10.0. The first kappa shape index (κ1) is 22.9. The first-order chi connectivity index (χ1) is 11.9. The van der Waals surface area contributed by atoms with E-state index in [9.17, 15) is 13.2 Å². The standard InChI is InChI=1S/C18H29N3O3S.ClH/c1-3-4-13-21(2)17(22)15-9-5-6-10-16(15)25(23,24)20-18(14-19)11-7-8-12-18;/h5-6,9-10,20H,3-4,7-8,11-14,19H2,1-2H3;1H. The summed E-state index contributed by atoms with van der Waals surface area (Å²) in [5, 5.41) is 0. The number of amides is 1. The van der Waals surface area contributed by atoms with Gasteiger partial charge in [0.1, 0.15) is 0 Å². The minimum absolute atomic E-state index is 0. The third-order valence-corrected chi connectivity index (χ3v) is 6.54. The highest BCUT2D eigenvalue weighted by molar-refractivity contribution is 7.89. The van der Waals surface area contributed by atoms with Crippen LogP contribution in [0.2, 0.25) is 0 Å². The maximum absolute atomic E-state index is 13.0. The number of carbonyl (C=O) groups is 1. The van der Waals surface area contributed by atoms with Gasteiger partial charge in [0.05, 0.1) is 10.5 Å². The molecule has 1 amide bonds. The summed E-state index contributed by atoms with van der Waals surface area (Å²) in [5.41, 5.74) is 5.47. The molecule has 0 spiro atoms. The van der Waals surface area contributed by atoms with Gasteiger partial charge in [0, 0.05) is 25.7 Å². The van der Waals surface area contributed by atoms with E-state index in [1.807, 2.05) is 0 Å². The van der Waals surface area contributed by atoms with Gasteiger partial charge in [-0.15, -0.1) is 12.4 Å². The molecule has 148 valence electrons. The number of carbonyl (C=O) groups excluding carboxylic acids is 1. The van der Waals surface area contributed by atoms with Crippen LogP contribution in [0.15, 0.2) is 29.2 Å². The van der Waals surface area contributed by atoms with Crippen LogP contribution in [0.25, 0.3) is 0 Å². The number of rotatable bonds is 8.